The topological polar surface area (TPSA) is 78.0 Å². The Morgan fingerprint density at radius 2 is 2.47 bits per heavy atom. The minimum absolute atomic E-state index is 0.161. The van der Waals surface area contributed by atoms with Crippen LogP contribution in [-0.4, -0.2) is 27.7 Å². The monoisotopic (exact) mass is 209 g/mol. The molecule has 1 heterocycles. The molecule has 1 aliphatic rings. The summed E-state index contributed by atoms with van der Waals surface area (Å²) in [7, 11) is 0. The Bertz CT molecular complexity index is 377. The first-order valence-corrected chi connectivity index (χ1v) is 5.21. The van der Waals surface area contributed by atoms with Crippen molar-refractivity contribution >= 4 is 5.82 Å². The van der Waals surface area contributed by atoms with Crippen LogP contribution in [-0.2, 0) is 0 Å². The molecule has 1 aromatic heterocycles. The number of nitrogens with one attached hydrogen (secondary N) is 2. The third kappa shape index (κ3) is 2.36. The minimum atomic E-state index is -0.161. The Morgan fingerprint density at radius 3 is 3.20 bits per heavy atom. The Balaban J connectivity index is 2.05. The number of anilines is 1. The van der Waals surface area contributed by atoms with Crippen molar-refractivity contribution in [1.82, 2.24) is 9.97 Å². The zero-order valence-corrected chi connectivity index (χ0v) is 8.44. The van der Waals surface area contributed by atoms with Crippen molar-refractivity contribution in [1.29, 1.82) is 0 Å². The lowest BCUT2D eigenvalue weighted by molar-refractivity contribution is 0.222. The SMILES string of the molecule is O=c1cc(NC2CCCC2CO)nc[nH]1. The summed E-state index contributed by atoms with van der Waals surface area (Å²) in [6, 6.07) is 1.68. The van der Waals surface area contributed by atoms with Gasteiger partial charge in [0, 0.05) is 24.6 Å². The molecule has 2 unspecified atom stereocenters. The molecule has 82 valence electrons. The smallest absolute Gasteiger partial charge is 0.252 e. The van der Waals surface area contributed by atoms with E-state index < -0.39 is 0 Å². The van der Waals surface area contributed by atoms with Gasteiger partial charge in [0.1, 0.15) is 5.82 Å². The Kier molecular flexibility index (Phi) is 3.01. The summed E-state index contributed by atoms with van der Waals surface area (Å²) in [5.74, 6) is 0.871. The van der Waals surface area contributed by atoms with Gasteiger partial charge >= 0.3 is 0 Å². The molecule has 0 aliphatic heterocycles. The number of rotatable bonds is 3. The number of hydrogen-bond donors (Lipinski definition) is 3. The van der Waals surface area contributed by atoms with E-state index in [1.807, 2.05) is 0 Å². The molecule has 0 bridgehead atoms. The standard InChI is InChI=1S/C10H15N3O2/c14-5-7-2-1-3-8(7)13-9-4-10(15)12-6-11-9/h4,6-8,14H,1-3,5H2,(H2,11,12,13,15). The molecule has 3 N–H and O–H groups in total. The average Bonchev–Trinajstić information content (AvgIpc) is 2.65. The number of hydrogen-bond acceptors (Lipinski definition) is 4. The lowest BCUT2D eigenvalue weighted by atomic mass is 10.1. The van der Waals surface area contributed by atoms with Gasteiger partial charge in [0.2, 0.25) is 0 Å². The molecule has 1 aliphatic carbocycles. The number of aliphatic hydroxyl groups excluding tert-OH is 1. The van der Waals surface area contributed by atoms with Crippen LogP contribution in [0.4, 0.5) is 5.82 Å². The summed E-state index contributed by atoms with van der Waals surface area (Å²) in [6.45, 7) is 0.195. The summed E-state index contributed by atoms with van der Waals surface area (Å²) in [5, 5.41) is 12.3. The third-order valence-electron chi connectivity index (χ3n) is 2.91. The van der Waals surface area contributed by atoms with Crippen LogP contribution in [0.15, 0.2) is 17.2 Å². The molecule has 15 heavy (non-hydrogen) atoms. The Hall–Kier alpha value is -1.36. The highest BCUT2D eigenvalue weighted by atomic mass is 16.3. The predicted molar refractivity (Wildman–Crippen MR) is 56.7 cm³/mol. The minimum Gasteiger partial charge on any atom is -0.396 e. The van der Waals surface area contributed by atoms with E-state index in [4.69, 9.17) is 5.11 Å². The van der Waals surface area contributed by atoms with Gasteiger partial charge in [-0.25, -0.2) is 4.98 Å². The summed E-state index contributed by atoms with van der Waals surface area (Å²) in [5.41, 5.74) is -0.161. The van der Waals surface area contributed by atoms with Crippen LogP contribution in [0.2, 0.25) is 0 Å². The molecule has 2 rings (SSSR count). The van der Waals surface area contributed by atoms with Gasteiger partial charge in [-0.2, -0.15) is 0 Å². The number of aliphatic hydroxyl groups is 1. The molecule has 1 saturated carbocycles. The van der Waals surface area contributed by atoms with Gasteiger partial charge in [0.15, 0.2) is 0 Å². The lowest BCUT2D eigenvalue weighted by Gasteiger charge is -2.19. The maximum Gasteiger partial charge on any atom is 0.252 e. The van der Waals surface area contributed by atoms with E-state index in [0.717, 1.165) is 19.3 Å². The fourth-order valence-electron chi connectivity index (χ4n) is 2.08. The van der Waals surface area contributed by atoms with Crippen molar-refractivity contribution in [2.75, 3.05) is 11.9 Å². The summed E-state index contributed by atoms with van der Waals surface area (Å²) in [6.07, 6.45) is 4.57. The highest BCUT2D eigenvalue weighted by molar-refractivity contribution is 5.33. The van der Waals surface area contributed by atoms with E-state index in [1.54, 1.807) is 0 Å². The second-order valence-corrected chi connectivity index (χ2v) is 3.92. The Morgan fingerprint density at radius 1 is 1.60 bits per heavy atom. The number of aromatic amines is 1. The first-order chi connectivity index (χ1) is 7.29. The van der Waals surface area contributed by atoms with E-state index >= 15 is 0 Å². The fraction of sp³-hybridized carbons (Fsp3) is 0.600. The predicted octanol–water partition coefficient (Wildman–Crippen LogP) is 0.343. The fourth-order valence-corrected chi connectivity index (χ4v) is 2.08. The van der Waals surface area contributed by atoms with Crippen molar-refractivity contribution in [2.45, 2.75) is 25.3 Å². The van der Waals surface area contributed by atoms with Gasteiger partial charge in [0.05, 0.1) is 6.33 Å². The zero-order valence-electron chi connectivity index (χ0n) is 8.44. The van der Waals surface area contributed by atoms with Gasteiger partial charge < -0.3 is 15.4 Å². The van der Waals surface area contributed by atoms with E-state index in [0.29, 0.717) is 5.82 Å². The molecule has 5 nitrogen and oxygen atoms in total. The van der Waals surface area contributed by atoms with Crippen molar-refractivity contribution in [3.05, 3.63) is 22.7 Å². The summed E-state index contributed by atoms with van der Waals surface area (Å²) < 4.78 is 0. The molecule has 0 amide bonds. The molecule has 0 radical (unpaired) electrons. The molecule has 5 heteroatoms. The van der Waals surface area contributed by atoms with E-state index in [-0.39, 0.29) is 24.1 Å². The number of nitrogens with zero attached hydrogens (tertiary/aromatic N) is 1. The van der Waals surface area contributed by atoms with Crippen LogP contribution in [0.1, 0.15) is 19.3 Å². The highest BCUT2D eigenvalue weighted by Crippen LogP contribution is 2.27. The van der Waals surface area contributed by atoms with Crippen LogP contribution in [0.3, 0.4) is 0 Å². The van der Waals surface area contributed by atoms with Crippen molar-refractivity contribution in [2.24, 2.45) is 5.92 Å². The van der Waals surface area contributed by atoms with Crippen LogP contribution < -0.4 is 10.9 Å². The zero-order chi connectivity index (χ0) is 10.7. The highest BCUT2D eigenvalue weighted by Gasteiger charge is 2.26. The summed E-state index contributed by atoms with van der Waals surface area (Å²) in [4.78, 5) is 17.5. The summed E-state index contributed by atoms with van der Waals surface area (Å²) >= 11 is 0. The lowest BCUT2D eigenvalue weighted by Crippen LogP contribution is -2.27. The van der Waals surface area contributed by atoms with Crippen molar-refractivity contribution in [3.63, 3.8) is 0 Å². The Labute approximate surface area is 87.6 Å². The van der Waals surface area contributed by atoms with Gasteiger partial charge in [-0.05, 0) is 12.8 Å². The van der Waals surface area contributed by atoms with Gasteiger partial charge in [-0.3, -0.25) is 4.79 Å². The van der Waals surface area contributed by atoms with Gasteiger partial charge in [-0.15, -0.1) is 0 Å². The molecular formula is C10H15N3O2. The normalized spacial score (nSPS) is 25.4. The molecule has 2 atom stereocenters. The van der Waals surface area contributed by atoms with Crippen molar-refractivity contribution in [3.8, 4) is 0 Å². The number of H-pyrrole nitrogens is 1. The maximum absolute atomic E-state index is 11.0. The van der Waals surface area contributed by atoms with E-state index in [2.05, 4.69) is 15.3 Å². The quantitative estimate of drug-likeness (QED) is 0.671. The van der Waals surface area contributed by atoms with E-state index in [1.165, 1.54) is 12.4 Å². The van der Waals surface area contributed by atoms with Gasteiger partial charge in [0.25, 0.3) is 5.56 Å². The largest absolute Gasteiger partial charge is 0.396 e. The number of aromatic nitrogens is 2. The molecule has 0 saturated heterocycles. The van der Waals surface area contributed by atoms with Crippen LogP contribution >= 0.6 is 0 Å². The first-order valence-electron chi connectivity index (χ1n) is 5.21. The second kappa shape index (κ2) is 4.44. The van der Waals surface area contributed by atoms with Crippen LogP contribution in [0, 0.1) is 5.92 Å². The average molecular weight is 209 g/mol. The molecule has 1 aromatic rings. The molecule has 1 fully saturated rings. The van der Waals surface area contributed by atoms with Crippen LogP contribution in [0.25, 0.3) is 0 Å². The van der Waals surface area contributed by atoms with Crippen LogP contribution in [0.5, 0.6) is 0 Å². The molecule has 0 spiro atoms. The molecular weight excluding hydrogens is 194 g/mol. The van der Waals surface area contributed by atoms with E-state index in [9.17, 15) is 4.79 Å². The van der Waals surface area contributed by atoms with Gasteiger partial charge in [-0.1, -0.05) is 6.42 Å². The van der Waals surface area contributed by atoms with Crippen molar-refractivity contribution < 1.29 is 5.11 Å². The maximum atomic E-state index is 11.0. The second-order valence-electron chi connectivity index (χ2n) is 3.92. The molecule has 0 aromatic carbocycles. The first kappa shape index (κ1) is 10.2. The third-order valence-corrected chi connectivity index (χ3v) is 2.91.